The maximum Gasteiger partial charge on any atom is 0.238 e. The Bertz CT molecular complexity index is 1200. The van der Waals surface area contributed by atoms with Crippen molar-refractivity contribution in [3.8, 4) is 5.88 Å². The van der Waals surface area contributed by atoms with Crippen LogP contribution < -0.4 is 15.4 Å². The number of nitrogens with zero attached hydrogens (tertiary/aromatic N) is 4. The molecule has 1 aliphatic rings. The van der Waals surface area contributed by atoms with Crippen LogP contribution in [-0.4, -0.2) is 62.1 Å². The average Bonchev–Trinajstić information content (AvgIpc) is 3.06. The zero-order valence-electron chi connectivity index (χ0n) is 17.0. The number of fused-ring (bicyclic) bond motifs is 1. The van der Waals surface area contributed by atoms with Gasteiger partial charge in [0.25, 0.3) is 0 Å². The molecule has 1 aromatic carbocycles. The van der Waals surface area contributed by atoms with Crippen molar-refractivity contribution in [2.75, 3.05) is 30.9 Å². The predicted octanol–water partition coefficient (Wildman–Crippen LogP) is 2.15. The Kier molecular flexibility index (Phi) is 5.54. The van der Waals surface area contributed by atoms with E-state index in [0.717, 1.165) is 10.9 Å². The summed E-state index contributed by atoms with van der Waals surface area (Å²) in [4.78, 5) is 13.1. The van der Waals surface area contributed by atoms with E-state index in [2.05, 4.69) is 29.9 Å². The first-order chi connectivity index (χ1) is 14.3. The number of nitrogens with one attached hydrogen (secondary N) is 2. The Hall–Kier alpha value is -2.82. The molecule has 0 aliphatic carbocycles. The summed E-state index contributed by atoms with van der Waals surface area (Å²) >= 11 is 0. The fraction of sp³-hybridized carbons (Fsp3) is 0.350. The predicted molar refractivity (Wildman–Crippen MR) is 117 cm³/mol. The molecule has 0 radical (unpaired) electrons. The van der Waals surface area contributed by atoms with Gasteiger partial charge in [-0.2, -0.15) is 4.36 Å². The number of hydrogen-bond acceptors (Lipinski definition) is 9. The van der Waals surface area contributed by atoms with E-state index >= 15 is 0 Å². The number of aryl methyl sites for hydroxylation is 1. The minimum absolute atomic E-state index is 0.369. The zero-order chi connectivity index (χ0) is 21.3. The zero-order valence-corrected chi connectivity index (χ0v) is 17.8. The molecule has 0 bridgehead atoms. The molecule has 2 unspecified atom stereocenters. The number of aliphatic hydroxyl groups is 1. The van der Waals surface area contributed by atoms with E-state index in [1.807, 2.05) is 19.1 Å². The van der Waals surface area contributed by atoms with Crippen LogP contribution >= 0.6 is 0 Å². The number of pyridine rings is 1. The molecular weight excluding hydrogens is 404 g/mol. The van der Waals surface area contributed by atoms with Gasteiger partial charge in [0.2, 0.25) is 5.88 Å². The molecule has 0 amide bonds. The lowest BCUT2D eigenvalue weighted by molar-refractivity contribution is 0.0712. The van der Waals surface area contributed by atoms with Crippen molar-refractivity contribution < 1.29 is 14.1 Å². The van der Waals surface area contributed by atoms with Crippen LogP contribution in [0.1, 0.15) is 5.56 Å². The first kappa shape index (κ1) is 20.5. The SMILES string of the molecule is Cc1cc(N=S(C)(C)=O)cc2ncnc(Nc3cccnc3OC3CNCC3O)c12. The topological polar surface area (TPSA) is 122 Å². The first-order valence-corrected chi connectivity index (χ1v) is 11.8. The van der Waals surface area contributed by atoms with Crippen molar-refractivity contribution in [2.45, 2.75) is 19.1 Å². The second kappa shape index (κ2) is 8.13. The summed E-state index contributed by atoms with van der Waals surface area (Å²) in [5.74, 6) is 0.985. The van der Waals surface area contributed by atoms with E-state index in [0.29, 0.717) is 41.7 Å². The number of aliphatic hydroxyl groups excluding tert-OH is 1. The van der Waals surface area contributed by atoms with Gasteiger partial charge in [-0.15, -0.1) is 0 Å². The maximum atomic E-state index is 12.1. The minimum atomic E-state index is -2.28. The lowest BCUT2D eigenvalue weighted by Gasteiger charge is -2.18. The van der Waals surface area contributed by atoms with Crippen LogP contribution in [0.5, 0.6) is 5.88 Å². The number of benzene rings is 1. The molecule has 4 rings (SSSR count). The second-order valence-electron chi connectivity index (χ2n) is 7.51. The van der Waals surface area contributed by atoms with E-state index < -0.39 is 15.8 Å². The molecular formula is C20H24N6O3S. The second-order valence-corrected chi connectivity index (χ2v) is 10.1. The first-order valence-electron chi connectivity index (χ1n) is 9.50. The molecule has 1 saturated heterocycles. The van der Waals surface area contributed by atoms with Crippen molar-refractivity contribution >= 4 is 37.8 Å². The molecule has 9 nitrogen and oxygen atoms in total. The number of ether oxygens (including phenoxy) is 1. The van der Waals surface area contributed by atoms with E-state index in [-0.39, 0.29) is 6.10 Å². The average molecular weight is 429 g/mol. The molecule has 158 valence electrons. The Labute approximate surface area is 175 Å². The van der Waals surface area contributed by atoms with Crippen LogP contribution in [0.25, 0.3) is 10.9 Å². The Morgan fingerprint density at radius 1 is 1.27 bits per heavy atom. The molecule has 3 N–H and O–H groups in total. The molecule has 2 atom stereocenters. The van der Waals surface area contributed by atoms with Crippen molar-refractivity contribution in [2.24, 2.45) is 4.36 Å². The highest BCUT2D eigenvalue weighted by Crippen LogP contribution is 2.32. The van der Waals surface area contributed by atoms with Gasteiger partial charge in [-0.1, -0.05) is 0 Å². The molecule has 1 fully saturated rings. The highest BCUT2D eigenvalue weighted by Gasteiger charge is 2.28. The maximum absolute atomic E-state index is 12.1. The summed E-state index contributed by atoms with van der Waals surface area (Å²) in [6.07, 6.45) is 5.34. The monoisotopic (exact) mass is 428 g/mol. The van der Waals surface area contributed by atoms with E-state index in [4.69, 9.17) is 4.74 Å². The number of hydrogen-bond donors (Lipinski definition) is 3. The highest BCUT2D eigenvalue weighted by atomic mass is 32.2. The van der Waals surface area contributed by atoms with Gasteiger partial charge < -0.3 is 20.5 Å². The van der Waals surface area contributed by atoms with Gasteiger partial charge in [0.1, 0.15) is 30.0 Å². The van der Waals surface area contributed by atoms with Crippen molar-refractivity contribution in [3.05, 3.63) is 42.4 Å². The minimum Gasteiger partial charge on any atom is -0.469 e. The quantitative estimate of drug-likeness (QED) is 0.565. The smallest absolute Gasteiger partial charge is 0.238 e. The summed E-state index contributed by atoms with van der Waals surface area (Å²) in [5.41, 5.74) is 2.85. The third-order valence-corrected chi connectivity index (χ3v) is 5.31. The molecule has 0 saturated carbocycles. The molecule has 3 aromatic rings. The van der Waals surface area contributed by atoms with Crippen molar-refractivity contribution in [3.63, 3.8) is 0 Å². The van der Waals surface area contributed by atoms with Gasteiger partial charge >= 0.3 is 0 Å². The standard InChI is InChI=1S/C20H24N6O3S/c1-12-7-13(26-30(2,3)28)8-15-18(12)19(24-11-23-15)25-14-5-4-6-22-20(14)29-17-10-21-9-16(17)27/h4-8,11,16-17,21,27H,9-10H2,1-3H3,(H,23,24,25). The summed E-state index contributed by atoms with van der Waals surface area (Å²) in [7, 11) is -2.28. The third-order valence-electron chi connectivity index (χ3n) is 4.66. The van der Waals surface area contributed by atoms with Crippen molar-refractivity contribution in [1.82, 2.24) is 20.3 Å². The molecule has 0 spiro atoms. The van der Waals surface area contributed by atoms with Crippen molar-refractivity contribution in [1.29, 1.82) is 0 Å². The molecule has 1 aliphatic heterocycles. The summed E-state index contributed by atoms with van der Waals surface area (Å²) in [6.45, 7) is 2.98. The lowest BCUT2D eigenvalue weighted by Crippen LogP contribution is -2.30. The van der Waals surface area contributed by atoms with E-state index in [1.165, 1.54) is 6.33 Å². The van der Waals surface area contributed by atoms with Gasteiger partial charge in [-0.05, 0) is 36.8 Å². The highest BCUT2D eigenvalue weighted by molar-refractivity contribution is 7.92. The van der Waals surface area contributed by atoms with Crippen LogP contribution in [-0.2, 0) is 9.73 Å². The summed E-state index contributed by atoms with van der Waals surface area (Å²) in [6, 6.07) is 7.30. The van der Waals surface area contributed by atoms with Crippen LogP contribution in [0.15, 0.2) is 41.2 Å². The third kappa shape index (κ3) is 4.50. The molecule has 30 heavy (non-hydrogen) atoms. The van der Waals surface area contributed by atoms with Crippen LogP contribution in [0.4, 0.5) is 17.2 Å². The van der Waals surface area contributed by atoms with Crippen LogP contribution in [0.3, 0.4) is 0 Å². The van der Waals surface area contributed by atoms with Crippen LogP contribution in [0.2, 0.25) is 0 Å². The Balaban J connectivity index is 1.71. The molecule has 3 heterocycles. The normalized spacial score (nSPS) is 19.1. The Morgan fingerprint density at radius 3 is 2.83 bits per heavy atom. The van der Waals surface area contributed by atoms with Gasteiger partial charge in [0, 0.05) is 46.9 Å². The lowest BCUT2D eigenvalue weighted by atomic mass is 10.1. The fourth-order valence-electron chi connectivity index (χ4n) is 3.39. The van der Waals surface area contributed by atoms with E-state index in [1.54, 1.807) is 30.8 Å². The largest absolute Gasteiger partial charge is 0.469 e. The van der Waals surface area contributed by atoms with Crippen LogP contribution in [0, 0.1) is 6.92 Å². The molecule has 2 aromatic heterocycles. The number of β-amino-alcohol motifs (C(OH)–C–C–N with tert-alkyl or cyclic N) is 1. The summed E-state index contributed by atoms with van der Waals surface area (Å²) < 4.78 is 22.3. The van der Waals surface area contributed by atoms with Gasteiger partial charge in [0.05, 0.1) is 11.2 Å². The molecule has 10 heteroatoms. The van der Waals surface area contributed by atoms with Gasteiger partial charge in [-0.3, -0.25) is 0 Å². The Morgan fingerprint density at radius 2 is 2.10 bits per heavy atom. The fourth-order valence-corrected chi connectivity index (χ4v) is 4.00. The summed E-state index contributed by atoms with van der Waals surface area (Å²) in [5, 5.41) is 17.2. The van der Waals surface area contributed by atoms with E-state index in [9.17, 15) is 9.32 Å². The number of rotatable bonds is 5. The van der Waals surface area contributed by atoms with Gasteiger partial charge in [0.15, 0.2) is 0 Å². The van der Waals surface area contributed by atoms with Gasteiger partial charge in [-0.25, -0.2) is 19.2 Å². The number of anilines is 2. The number of aromatic nitrogens is 3.